The Morgan fingerprint density at radius 1 is 1.12 bits per heavy atom. The van der Waals surface area contributed by atoms with Gasteiger partial charge in [0.2, 0.25) is 0 Å². The molecule has 0 saturated heterocycles. The fourth-order valence-electron chi connectivity index (χ4n) is 1.60. The molecule has 3 nitrogen and oxygen atoms in total. The molecule has 0 atom stereocenters. The maximum atomic E-state index is 9.60. The zero-order chi connectivity index (χ0) is 11.5. The van der Waals surface area contributed by atoms with Gasteiger partial charge in [-0.15, -0.1) is 0 Å². The third-order valence-electron chi connectivity index (χ3n) is 2.43. The number of phenols is 1. The summed E-state index contributed by atoms with van der Waals surface area (Å²) in [7, 11) is 1.58. The average molecular weight is 215 g/mol. The zero-order valence-electron chi connectivity index (χ0n) is 8.97. The first-order valence-corrected chi connectivity index (χ1v) is 4.94. The molecule has 3 N–H and O–H groups in total. The number of nitrogen functional groups attached to an aromatic ring is 1. The van der Waals surface area contributed by atoms with E-state index >= 15 is 0 Å². The van der Waals surface area contributed by atoms with Crippen LogP contribution in [0.4, 0.5) is 5.69 Å². The van der Waals surface area contributed by atoms with Crippen LogP contribution < -0.4 is 10.5 Å². The molecule has 2 aromatic rings. The lowest BCUT2D eigenvalue weighted by Gasteiger charge is -2.10. The van der Waals surface area contributed by atoms with Gasteiger partial charge in [-0.1, -0.05) is 30.3 Å². The van der Waals surface area contributed by atoms with Crippen molar-refractivity contribution in [1.82, 2.24) is 0 Å². The van der Waals surface area contributed by atoms with Gasteiger partial charge in [-0.25, -0.2) is 0 Å². The predicted octanol–water partition coefficient (Wildman–Crippen LogP) is 2.65. The van der Waals surface area contributed by atoms with Crippen LogP contribution in [0.1, 0.15) is 0 Å². The number of benzene rings is 2. The lowest BCUT2D eigenvalue weighted by Crippen LogP contribution is -1.92. The van der Waals surface area contributed by atoms with Gasteiger partial charge in [-0.05, 0) is 11.6 Å². The van der Waals surface area contributed by atoms with Crippen molar-refractivity contribution in [3.8, 4) is 22.6 Å². The molecule has 0 unspecified atom stereocenters. The van der Waals surface area contributed by atoms with Crippen LogP contribution in [-0.4, -0.2) is 12.2 Å². The molecule has 82 valence electrons. The number of nitrogens with two attached hydrogens (primary N) is 1. The summed E-state index contributed by atoms with van der Waals surface area (Å²) in [5.41, 5.74) is 7.74. The summed E-state index contributed by atoms with van der Waals surface area (Å²) >= 11 is 0. The van der Waals surface area contributed by atoms with E-state index in [1.165, 1.54) is 0 Å². The standard InChI is InChI=1S/C13H13NO2/c1-16-13-8-11(14)12(15)7-10(13)9-5-3-2-4-6-9/h2-8,15H,14H2,1H3. The Bertz CT molecular complexity index is 495. The van der Waals surface area contributed by atoms with Crippen LogP contribution >= 0.6 is 0 Å². The third kappa shape index (κ3) is 1.80. The third-order valence-corrected chi connectivity index (χ3v) is 2.43. The molecular formula is C13H13NO2. The molecule has 0 aliphatic rings. The highest BCUT2D eigenvalue weighted by atomic mass is 16.5. The van der Waals surface area contributed by atoms with Crippen molar-refractivity contribution in [3.05, 3.63) is 42.5 Å². The molecule has 0 radical (unpaired) electrons. The fourth-order valence-corrected chi connectivity index (χ4v) is 1.60. The first-order valence-electron chi connectivity index (χ1n) is 4.94. The summed E-state index contributed by atoms with van der Waals surface area (Å²) in [4.78, 5) is 0. The van der Waals surface area contributed by atoms with Crippen LogP contribution in [0.15, 0.2) is 42.5 Å². The number of methoxy groups -OCH3 is 1. The minimum Gasteiger partial charge on any atom is -0.506 e. The summed E-state index contributed by atoms with van der Waals surface area (Å²) in [5.74, 6) is 0.723. The van der Waals surface area contributed by atoms with Crippen LogP contribution in [0, 0.1) is 0 Å². The Labute approximate surface area is 94.1 Å². The predicted molar refractivity (Wildman–Crippen MR) is 64.5 cm³/mol. The van der Waals surface area contributed by atoms with Crippen molar-refractivity contribution < 1.29 is 9.84 Å². The first kappa shape index (κ1) is 10.4. The van der Waals surface area contributed by atoms with Gasteiger partial charge in [-0.2, -0.15) is 0 Å². The van der Waals surface area contributed by atoms with E-state index in [-0.39, 0.29) is 5.75 Å². The molecule has 0 fully saturated rings. The van der Waals surface area contributed by atoms with Crippen molar-refractivity contribution in [1.29, 1.82) is 0 Å². The molecule has 16 heavy (non-hydrogen) atoms. The molecule has 2 aromatic carbocycles. The molecule has 0 aliphatic heterocycles. The van der Waals surface area contributed by atoms with Gasteiger partial charge in [0.05, 0.1) is 12.8 Å². The Morgan fingerprint density at radius 3 is 2.44 bits per heavy atom. The average Bonchev–Trinajstić information content (AvgIpc) is 2.33. The number of ether oxygens (including phenoxy) is 1. The van der Waals surface area contributed by atoms with Gasteiger partial charge in [0.15, 0.2) is 0 Å². The van der Waals surface area contributed by atoms with E-state index in [0.29, 0.717) is 11.4 Å². The number of hydrogen-bond donors (Lipinski definition) is 2. The molecule has 0 heterocycles. The largest absolute Gasteiger partial charge is 0.506 e. The highest BCUT2D eigenvalue weighted by Gasteiger charge is 2.09. The number of phenolic OH excluding ortho intramolecular Hbond substituents is 1. The highest BCUT2D eigenvalue weighted by Crippen LogP contribution is 2.36. The minimum absolute atomic E-state index is 0.0691. The summed E-state index contributed by atoms with van der Waals surface area (Å²) in [5, 5.41) is 9.60. The summed E-state index contributed by atoms with van der Waals surface area (Å²) in [6.07, 6.45) is 0. The van der Waals surface area contributed by atoms with Gasteiger partial charge in [0.25, 0.3) is 0 Å². The molecule has 2 rings (SSSR count). The van der Waals surface area contributed by atoms with E-state index in [1.54, 1.807) is 19.2 Å². The lowest BCUT2D eigenvalue weighted by molar-refractivity contribution is 0.414. The normalized spacial score (nSPS) is 10.1. The molecule has 0 aromatic heterocycles. The summed E-state index contributed by atoms with van der Waals surface area (Å²) in [6.45, 7) is 0. The maximum Gasteiger partial charge on any atom is 0.139 e. The molecule has 0 spiro atoms. The van der Waals surface area contributed by atoms with Crippen LogP contribution in [0.25, 0.3) is 11.1 Å². The van der Waals surface area contributed by atoms with Gasteiger partial charge in [0.1, 0.15) is 11.5 Å². The van der Waals surface area contributed by atoms with Gasteiger partial charge >= 0.3 is 0 Å². The Kier molecular flexibility index (Phi) is 2.68. The monoisotopic (exact) mass is 215 g/mol. The van der Waals surface area contributed by atoms with E-state index in [9.17, 15) is 5.11 Å². The molecular weight excluding hydrogens is 202 g/mol. The number of anilines is 1. The Balaban J connectivity index is 2.60. The van der Waals surface area contributed by atoms with Crippen LogP contribution in [0.5, 0.6) is 11.5 Å². The summed E-state index contributed by atoms with van der Waals surface area (Å²) < 4.78 is 5.24. The van der Waals surface area contributed by atoms with Gasteiger partial charge < -0.3 is 15.6 Å². The van der Waals surface area contributed by atoms with E-state index in [4.69, 9.17) is 10.5 Å². The van der Waals surface area contributed by atoms with Crippen LogP contribution in [-0.2, 0) is 0 Å². The van der Waals surface area contributed by atoms with E-state index in [0.717, 1.165) is 11.1 Å². The smallest absolute Gasteiger partial charge is 0.139 e. The topological polar surface area (TPSA) is 55.5 Å². The van der Waals surface area contributed by atoms with Crippen molar-refractivity contribution in [3.63, 3.8) is 0 Å². The second-order valence-corrected chi connectivity index (χ2v) is 3.48. The molecule has 3 heteroatoms. The van der Waals surface area contributed by atoms with Gasteiger partial charge in [-0.3, -0.25) is 0 Å². The molecule has 0 aliphatic carbocycles. The van der Waals surface area contributed by atoms with Crippen LogP contribution in [0.2, 0.25) is 0 Å². The quantitative estimate of drug-likeness (QED) is 0.598. The second kappa shape index (κ2) is 4.14. The Morgan fingerprint density at radius 2 is 1.81 bits per heavy atom. The van der Waals surface area contributed by atoms with Crippen molar-refractivity contribution in [2.75, 3.05) is 12.8 Å². The molecule has 0 bridgehead atoms. The zero-order valence-corrected chi connectivity index (χ0v) is 8.97. The van der Waals surface area contributed by atoms with E-state index in [1.807, 2.05) is 30.3 Å². The number of aromatic hydroxyl groups is 1. The fraction of sp³-hybridized carbons (Fsp3) is 0.0769. The van der Waals surface area contributed by atoms with Crippen molar-refractivity contribution in [2.24, 2.45) is 0 Å². The summed E-state index contributed by atoms with van der Waals surface area (Å²) in [6, 6.07) is 12.9. The highest BCUT2D eigenvalue weighted by molar-refractivity contribution is 5.76. The van der Waals surface area contributed by atoms with Crippen LogP contribution in [0.3, 0.4) is 0 Å². The molecule has 0 amide bonds. The lowest BCUT2D eigenvalue weighted by atomic mass is 10.0. The number of hydrogen-bond acceptors (Lipinski definition) is 3. The first-order chi connectivity index (χ1) is 7.72. The second-order valence-electron chi connectivity index (χ2n) is 3.48. The Hall–Kier alpha value is -2.16. The van der Waals surface area contributed by atoms with Crippen molar-refractivity contribution >= 4 is 5.69 Å². The van der Waals surface area contributed by atoms with E-state index in [2.05, 4.69) is 0 Å². The minimum atomic E-state index is 0.0691. The molecule has 0 saturated carbocycles. The van der Waals surface area contributed by atoms with E-state index < -0.39 is 0 Å². The maximum absolute atomic E-state index is 9.60. The number of rotatable bonds is 2. The van der Waals surface area contributed by atoms with Crippen molar-refractivity contribution in [2.45, 2.75) is 0 Å². The SMILES string of the molecule is COc1cc(N)c(O)cc1-c1ccccc1. The van der Waals surface area contributed by atoms with Gasteiger partial charge in [0, 0.05) is 11.6 Å².